The summed E-state index contributed by atoms with van der Waals surface area (Å²) in [4.78, 5) is 6.85. The minimum Gasteiger partial charge on any atom is -0.370 e. The molecule has 1 saturated carbocycles. The molecule has 0 amide bonds. The largest absolute Gasteiger partial charge is 0.370 e. The van der Waals surface area contributed by atoms with Gasteiger partial charge < -0.3 is 15.5 Å². The van der Waals surface area contributed by atoms with Crippen LogP contribution in [-0.2, 0) is 12.8 Å². The van der Waals surface area contributed by atoms with Gasteiger partial charge in [-0.05, 0) is 74.0 Å². The van der Waals surface area contributed by atoms with Gasteiger partial charge in [-0.15, -0.1) is 0 Å². The molecule has 0 unspecified atom stereocenters. The molecular weight excluding hydrogens is 368 g/mol. The lowest BCUT2D eigenvalue weighted by Crippen LogP contribution is -2.18. The van der Waals surface area contributed by atoms with Crippen molar-refractivity contribution in [1.82, 2.24) is 10.3 Å². The Morgan fingerprint density at radius 3 is 2.71 bits per heavy atom. The van der Waals surface area contributed by atoms with Crippen LogP contribution in [0.15, 0.2) is 30.5 Å². The molecule has 0 saturated heterocycles. The van der Waals surface area contributed by atoms with E-state index in [0.717, 1.165) is 60.6 Å². The van der Waals surface area contributed by atoms with Crippen molar-refractivity contribution in [1.29, 1.82) is 0 Å². The summed E-state index contributed by atoms with van der Waals surface area (Å²) < 4.78 is 0. The highest BCUT2D eigenvalue weighted by atomic mass is 35.5. The first kappa shape index (κ1) is 19.5. The van der Waals surface area contributed by atoms with Gasteiger partial charge in [0.15, 0.2) is 0 Å². The van der Waals surface area contributed by atoms with Crippen LogP contribution in [0.4, 0.5) is 17.2 Å². The van der Waals surface area contributed by atoms with Crippen molar-refractivity contribution < 1.29 is 0 Å². The van der Waals surface area contributed by atoms with Crippen molar-refractivity contribution in [2.45, 2.75) is 44.9 Å². The molecule has 4 rings (SSSR count). The maximum Gasteiger partial charge on any atom is 0.126 e. The second kappa shape index (κ2) is 9.15. The van der Waals surface area contributed by atoms with Gasteiger partial charge in [-0.25, -0.2) is 4.98 Å². The monoisotopic (exact) mass is 398 g/mol. The molecular formula is C23H31ClN4. The Bertz CT molecular complexity index is 784. The van der Waals surface area contributed by atoms with E-state index in [9.17, 15) is 0 Å². The summed E-state index contributed by atoms with van der Waals surface area (Å²) >= 11 is 6.63. The van der Waals surface area contributed by atoms with Crippen molar-refractivity contribution in [3.8, 4) is 0 Å². The molecule has 0 bridgehead atoms. The molecule has 0 atom stereocenters. The van der Waals surface area contributed by atoms with Crippen molar-refractivity contribution in [2.24, 2.45) is 5.92 Å². The molecule has 1 aromatic heterocycles. The van der Waals surface area contributed by atoms with Gasteiger partial charge in [0.25, 0.3) is 0 Å². The standard InChI is InChI=1S/C23H31ClN4/c1-28(23-20-12-14-25-13-11-18(20)7-9-21(23)24)19-8-10-22(27-16-19)26-15-17-5-3-2-4-6-17/h7-10,16-17,25H,2-6,11-15H2,1H3,(H,26,27). The van der Waals surface area contributed by atoms with Crippen LogP contribution in [0.1, 0.15) is 43.2 Å². The molecule has 28 heavy (non-hydrogen) atoms. The fraction of sp³-hybridized carbons (Fsp3) is 0.522. The van der Waals surface area contributed by atoms with E-state index in [1.807, 2.05) is 12.3 Å². The summed E-state index contributed by atoms with van der Waals surface area (Å²) in [6, 6.07) is 8.44. The number of rotatable bonds is 5. The Balaban J connectivity index is 1.48. The summed E-state index contributed by atoms with van der Waals surface area (Å²) in [7, 11) is 2.09. The lowest BCUT2D eigenvalue weighted by atomic mass is 9.89. The number of nitrogens with one attached hydrogen (secondary N) is 2. The molecule has 1 fully saturated rings. The number of nitrogens with zero attached hydrogens (tertiary/aromatic N) is 2. The summed E-state index contributed by atoms with van der Waals surface area (Å²) in [6.45, 7) is 3.06. The fourth-order valence-corrected chi connectivity index (χ4v) is 4.85. The number of fused-ring (bicyclic) bond motifs is 1. The lowest BCUT2D eigenvalue weighted by Gasteiger charge is -2.25. The van der Waals surface area contributed by atoms with Gasteiger partial charge in [0, 0.05) is 13.6 Å². The van der Waals surface area contributed by atoms with Crippen LogP contribution in [0.3, 0.4) is 0 Å². The van der Waals surface area contributed by atoms with Crippen LogP contribution < -0.4 is 15.5 Å². The van der Waals surface area contributed by atoms with Crippen LogP contribution in [0, 0.1) is 5.92 Å². The third kappa shape index (κ3) is 4.44. The van der Waals surface area contributed by atoms with E-state index in [4.69, 9.17) is 11.6 Å². The van der Waals surface area contributed by atoms with Crippen LogP contribution in [0.2, 0.25) is 5.02 Å². The molecule has 0 radical (unpaired) electrons. The molecule has 2 heterocycles. The van der Waals surface area contributed by atoms with Crippen molar-refractivity contribution in [2.75, 3.05) is 36.9 Å². The van der Waals surface area contributed by atoms with Crippen molar-refractivity contribution in [3.05, 3.63) is 46.6 Å². The zero-order valence-electron chi connectivity index (χ0n) is 16.8. The average molecular weight is 399 g/mol. The maximum absolute atomic E-state index is 6.63. The molecule has 0 spiro atoms. The predicted molar refractivity (Wildman–Crippen MR) is 119 cm³/mol. The molecule has 1 aromatic carbocycles. The molecule has 5 heteroatoms. The van der Waals surface area contributed by atoms with E-state index in [0.29, 0.717) is 0 Å². The first-order valence-corrected chi connectivity index (χ1v) is 11.0. The normalized spacial score (nSPS) is 17.6. The highest BCUT2D eigenvalue weighted by Crippen LogP contribution is 2.37. The number of hydrogen-bond acceptors (Lipinski definition) is 4. The van der Waals surface area contributed by atoms with Gasteiger partial charge in [0.05, 0.1) is 22.6 Å². The van der Waals surface area contributed by atoms with E-state index in [-0.39, 0.29) is 0 Å². The van der Waals surface area contributed by atoms with Gasteiger partial charge in [-0.1, -0.05) is 36.9 Å². The van der Waals surface area contributed by atoms with Gasteiger partial charge >= 0.3 is 0 Å². The van der Waals surface area contributed by atoms with Crippen LogP contribution in [-0.4, -0.2) is 31.7 Å². The second-order valence-electron chi connectivity index (χ2n) is 8.13. The summed E-state index contributed by atoms with van der Waals surface area (Å²) in [5.74, 6) is 1.76. The highest BCUT2D eigenvalue weighted by Gasteiger charge is 2.19. The summed E-state index contributed by atoms with van der Waals surface area (Å²) in [5.41, 5.74) is 4.94. The number of benzene rings is 1. The minimum atomic E-state index is 0.796. The predicted octanol–water partition coefficient (Wildman–Crippen LogP) is 5.18. The quantitative estimate of drug-likeness (QED) is 0.727. The summed E-state index contributed by atoms with van der Waals surface area (Å²) in [6.07, 6.45) is 10.9. The number of halogens is 1. The molecule has 2 N–H and O–H groups in total. The van der Waals surface area contributed by atoms with E-state index in [2.05, 4.69) is 45.8 Å². The van der Waals surface area contributed by atoms with Crippen molar-refractivity contribution >= 4 is 28.8 Å². The van der Waals surface area contributed by atoms with Crippen LogP contribution in [0.25, 0.3) is 0 Å². The molecule has 1 aliphatic carbocycles. The number of pyridine rings is 1. The van der Waals surface area contributed by atoms with E-state index in [1.54, 1.807) is 0 Å². The number of aromatic nitrogens is 1. The zero-order valence-corrected chi connectivity index (χ0v) is 17.6. The molecule has 4 nitrogen and oxygen atoms in total. The fourth-order valence-electron chi connectivity index (χ4n) is 4.55. The van der Waals surface area contributed by atoms with E-state index < -0.39 is 0 Å². The molecule has 2 aromatic rings. The van der Waals surface area contributed by atoms with Crippen LogP contribution in [0.5, 0.6) is 0 Å². The Kier molecular flexibility index (Phi) is 6.38. The number of anilines is 3. The van der Waals surface area contributed by atoms with Gasteiger partial charge in [-0.2, -0.15) is 0 Å². The Labute approximate surface area is 173 Å². The van der Waals surface area contributed by atoms with Gasteiger partial charge in [-0.3, -0.25) is 0 Å². The molecule has 150 valence electrons. The van der Waals surface area contributed by atoms with Gasteiger partial charge in [0.2, 0.25) is 0 Å². The minimum absolute atomic E-state index is 0.796. The summed E-state index contributed by atoms with van der Waals surface area (Å²) in [5, 5.41) is 7.82. The maximum atomic E-state index is 6.63. The third-order valence-electron chi connectivity index (χ3n) is 6.22. The SMILES string of the molecule is CN(c1ccc(NCC2CCCCC2)nc1)c1c(Cl)ccc2c1CCNCC2. The average Bonchev–Trinajstić information content (AvgIpc) is 2.98. The first-order chi connectivity index (χ1) is 13.7. The topological polar surface area (TPSA) is 40.2 Å². The first-order valence-electron chi connectivity index (χ1n) is 10.7. The molecule has 1 aliphatic heterocycles. The van der Waals surface area contributed by atoms with E-state index >= 15 is 0 Å². The number of hydrogen-bond donors (Lipinski definition) is 2. The highest BCUT2D eigenvalue weighted by molar-refractivity contribution is 6.33. The Morgan fingerprint density at radius 1 is 1.11 bits per heavy atom. The third-order valence-corrected chi connectivity index (χ3v) is 6.53. The zero-order chi connectivity index (χ0) is 19.3. The van der Waals surface area contributed by atoms with E-state index in [1.165, 1.54) is 43.2 Å². The lowest BCUT2D eigenvalue weighted by molar-refractivity contribution is 0.373. The molecule has 2 aliphatic rings. The Morgan fingerprint density at radius 2 is 1.93 bits per heavy atom. The van der Waals surface area contributed by atoms with Crippen LogP contribution >= 0.6 is 11.6 Å². The van der Waals surface area contributed by atoms with Crippen molar-refractivity contribution in [3.63, 3.8) is 0 Å². The Hall–Kier alpha value is -1.78. The second-order valence-corrected chi connectivity index (χ2v) is 8.54. The smallest absolute Gasteiger partial charge is 0.126 e. The van der Waals surface area contributed by atoms with Gasteiger partial charge in [0.1, 0.15) is 5.82 Å².